The van der Waals surface area contributed by atoms with E-state index in [2.05, 4.69) is 10.3 Å². The Morgan fingerprint density at radius 2 is 1.93 bits per heavy atom. The largest absolute Gasteiger partial charge is 0.336 e. The number of amides is 2. The lowest BCUT2D eigenvalue weighted by atomic mass is 10.2. The minimum absolute atomic E-state index is 0.0824. The van der Waals surface area contributed by atoms with E-state index in [1.54, 1.807) is 35.2 Å². The number of carbonyl (C=O) groups excluding carboxylic acids is 2. The minimum Gasteiger partial charge on any atom is -0.336 e. The highest BCUT2D eigenvalue weighted by Gasteiger charge is 2.22. The molecule has 2 heterocycles. The maximum Gasteiger partial charge on any atom is 0.274 e. The smallest absolute Gasteiger partial charge is 0.274 e. The van der Waals surface area contributed by atoms with Crippen LogP contribution < -0.4 is 10.2 Å². The van der Waals surface area contributed by atoms with Gasteiger partial charge in [0.15, 0.2) is 4.77 Å². The van der Waals surface area contributed by atoms with E-state index in [4.69, 9.17) is 12.2 Å². The van der Waals surface area contributed by atoms with Gasteiger partial charge in [-0.15, -0.1) is 0 Å². The van der Waals surface area contributed by atoms with E-state index >= 15 is 0 Å². The Labute approximate surface area is 165 Å². The number of rotatable bonds is 4. The molecule has 8 heteroatoms. The third kappa shape index (κ3) is 3.46. The number of halogens is 1. The molecule has 0 aliphatic carbocycles. The van der Waals surface area contributed by atoms with Crippen molar-refractivity contribution in [2.24, 2.45) is 0 Å². The predicted octanol–water partition coefficient (Wildman–Crippen LogP) is 4.05. The molecule has 1 saturated heterocycles. The Morgan fingerprint density at radius 3 is 2.64 bits per heavy atom. The standard InChI is InChI=1S/C20H17FN4O2S/c21-13-6-8-15(9-7-13)25-17(12-22-20(25)28)19(27)23-14-3-1-4-16(11-14)24-10-2-5-18(24)26/h1,3-4,6-9,11-12H,2,5,10H2,(H,22,28)(H,23,27). The van der Waals surface area contributed by atoms with Crippen molar-refractivity contribution in [3.05, 3.63) is 71.0 Å². The summed E-state index contributed by atoms with van der Waals surface area (Å²) in [4.78, 5) is 29.3. The predicted molar refractivity (Wildman–Crippen MR) is 107 cm³/mol. The third-order valence-corrected chi connectivity index (χ3v) is 4.88. The van der Waals surface area contributed by atoms with E-state index in [-0.39, 0.29) is 17.6 Å². The van der Waals surface area contributed by atoms with Gasteiger partial charge in [-0.05, 0) is 61.1 Å². The summed E-state index contributed by atoms with van der Waals surface area (Å²) in [6.45, 7) is 0.678. The molecule has 2 aromatic carbocycles. The van der Waals surface area contributed by atoms with Gasteiger partial charge in [-0.1, -0.05) is 6.07 Å². The Kier molecular flexibility index (Phi) is 4.79. The van der Waals surface area contributed by atoms with Crippen LogP contribution in [-0.4, -0.2) is 27.9 Å². The molecule has 142 valence electrons. The summed E-state index contributed by atoms with van der Waals surface area (Å²) in [5.74, 6) is -0.661. The van der Waals surface area contributed by atoms with Crippen LogP contribution in [0.2, 0.25) is 0 Å². The second-order valence-electron chi connectivity index (χ2n) is 6.44. The number of nitrogens with zero attached hydrogens (tertiary/aromatic N) is 2. The van der Waals surface area contributed by atoms with Crippen LogP contribution in [0.4, 0.5) is 15.8 Å². The Morgan fingerprint density at radius 1 is 1.14 bits per heavy atom. The molecule has 28 heavy (non-hydrogen) atoms. The number of aromatic nitrogens is 2. The monoisotopic (exact) mass is 396 g/mol. The average molecular weight is 396 g/mol. The van der Waals surface area contributed by atoms with Gasteiger partial charge in [0.1, 0.15) is 11.5 Å². The summed E-state index contributed by atoms with van der Waals surface area (Å²) < 4.78 is 15.1. The zero-order chi connectivity index (χ0) is 19.7. The lowest BCUT2D eigenvalue weighted by molar-refractivity contribution is -0.117. The van der Waals surface area contributed by atoms with Crippen molar-refractivity contribution in [3.63, 3.8) is 0 Å². The molecule has 2 amide bonds. The molecular formula is C20H17FN4O2S. The molecule has 0 saturated carbocycles. The number of nitrogens with one attached hydrogen (secondary N) is 2. The maximum absolute atomic E-state index is 13.2. The first-order valence-electron chi connectivity index (χ1n) is 8.81. The van der Waals surface area contributed by atoms with Crippen LogP contribution in [0.25, 0.3) is 5.69 Å². The fraction of sp³-hybridized carbons (Fsp3) is 0.150. The first-order valence-corrected chi connectivity index (χ1v) is 9.22. The van der Waals surface area contributed by atoms with Crippen LogP contribution in [0.1, 0.15) is 23.3 Å². The van der Waals surface area contributed by atoms with Crippen molar-refractivity contribution in [3.8, 4) is 5.69 Å². The van der Waals surface area contributed by atoms with Crippen LogP contribution in [0.5, 0.6) is 0 Å². The molecule has 0 spiro atoms. The summed E-state index contributed by atoms with van der Waals surface area (Å²) in [5.41, 5.74) is 2.19. The van der Waals surface area contributed by atoms with Crippen LogP contribution in [0, 0.1) is 10.6 Å². The number of carbonyl (C=O) groups is 2. The fourth-order valence-electron chi connectivity index (χ4n) is 3.25. The molecule has 0 atom stereocenters. The van der Waals surface area contributed by atoms with Crippen molar-refractivity contribution in [2.45, 2.75) is 12.8 Å². The molecule has 3 aromatic rings. The molecule has 0 bridgehead atoms. The van der Waals surface area contributed by atoms with Crippen LogP contribution in [0.3, 0.4) is 0 Å². The highest BCUT2D eigenvalue weighted by Crippen LogP contribution is 2.25. The second-order valence-corrected chi connectivity index (χ2v) is 6.83. The van der Waals surface area contributed by atoms with Crippen LogP contribution >= 0.6 is 12.2 Å². The molecule has 0 radical (unpaired) electrons. The number of hydrogen-bond donors (Lipinski definition) is 2. The molecule has 0 unspecified atom stereocenters. The number of imidazole rings is 1. The van der Waals surface area contributed by atoms with Gasteiger partial charge >= 0.3 is 0 Å². The summed E-state index contributed by atoms with van der Waals surface area (Å²) in [6, 6.07) is 12.9. The lowest BCUT2D eigenvalue weighted by Crippen LogP contribution is -2.24. The number of anilines is 2. The number of aromatic amines is 1. The normalized spacial score (nSPS) is 13.8. The molecule has 1 aromatic heterocycles. The van der Waals surface area contributed by atoms with Crippen molar-refractivity contribution in [2.75, 3.05) is 16.8 Å². The van der Waals surface area contributed by atoms with Gasteiger partial charge in [0.2, 0.25) is 5.91 Å². The zero-order valence-corrected chi connectivity index (χ0v) is 15.6. The van der Waals surface area contributed by atoms with E-state index in [0.29, 0.717) is 34.8 Å². The Hall–Kier alpha value is -3.26. The average Bonchev–Trinajstić information content (AvgIpc) is 3.28. The third-order valence-electron chi connectivity index (χ3n) is 4.58. The number of benzene rings is 2. The van der Waals surface area contributed by atoms with Gasteiger partial charge in [0, 0.05) is 36.2 Å². The molecule has 1 aliphatic heterocycles. The van der Waals surface area contributed by atoms with E-state index in [1.807, 2.05) is 6.07 Å². The zero-order valence-electron chi connectivity index (χ0n) is 14.8. The topological polar surface area (TPSA) is 70.1 Å². The number of H-pyrrole nitrogens is 1. The van der Waals surface area contributed by atoms with E-state index < -0.39 is 0 Å². The molecule has 6 nitrogen and oxygen atoms in total. The molecule has 1 aliphatic rings. The van der Waals surface area contributed by atoms with Gasteiger partial charge in [-0.2, -0.15) is 0 Å². The van der Waals surface area contributed by atoms with Crippen molar-refractivity contribution >= 4 is 35.4 Å². The van der Waals surface area contributed by atoms with Crippen molar-refractivity contribution in [1.82, 2.24) is 9.55 Å². The van der Waals surface area contributed by atoms with Gasteiger partial charge in [0.05, 0.1) is 0 Å². The highest BCUT2D eigenvalue weighted by molar-refractivity contribution is 7.71. The van der Waals surface area contributed by atoms with Gasteiger partial charge in [0.25, 0.3) is 5.91 Å². The molecular weight excluding hydrogens is 379 g/mol. The van der Waals surface area contributed by atoms with Crippen molar-refractivity contribution < 1.29 is 14.0 Å². The van der Waals surface area contributed by atoms with Crippen LogP contribution in [0.15, 0.2) is 54.7 Å². The van der Waals surface area contributed by atoms with Crippen LogP contribution in [-0.2, 0) is 4.79 Å². The SMILES string of the molecule is O=C(Nc1cccc(N2CCCC2=O)c1)c1c[nH]c(=S)n1-c1ccc(F)cc1. The highest BCUT2D eigenvalue weighted by atomic mass is 32.1. The first kappa shape index (κ1) is 18.1. The van der Waals surface area contributed by atoms with E-state index in [9.17, 15) is 14.0 Å². The summed E-state index contributed by atoms with van der Waals surface area (Å²) >= 11 is 5.27. The lowest BCUT2D eigenvalue weighted by Gasteiger charge is -2.17. The van der Waals surface area contributed by atoms with E-state index in [1.165, 1.54) is 22.9 Å². The van der Waals surface area contributed by atoms with Gasteiger partial charge < -0.3 is 15.2 Å². The Balaban J connectivity index is 1.61. The summed E-state index contributed by atoms with van der Waals surface area (Å²) in [6.07, 6.45) is 2.88. The quantitative estimate of drug-likeness (QED) is 0.654. The first-order chi connectivity index (χ1) is 13.5. The van der Waals surface area contributed by atoms with Gasteiger partial charge in [-0.3, -0.25) is 14.2 Å². The van der Waals surface area contributed by atoms with E-state index in [0.717, 1.165) is 12.1 Å². The maximum atomic E-state index is 13.2. The summed E-state index contributed by atoms with van der Waals surface area (Å²) in [7, 11) is 0. The molecule has 1 fully saturated rings. The molecule has 2 N–H and O–H groups in total. The second kappa shape index (κ2) is 7.40. The molecule has 4 rings (SSSR count). The van der Waals surface area contributed by atoms with Crippen molar-refractivity contribution in [1.29, 1.82) is 0 Å². The van der Waals surface area contributed by atoms with Gasteiger partial charge in [-0.25, -0.2) is 4.39 Å². The summed E-state index contributed by atoms with van der Waals surface area (Å²) in [5, 5.41) is 2.83. The Bertz CT molecular complexity index is 1100. The minimum atomic E-state index is -0.374. The fourth-order valence-corrected chi connectivity index (χ4v) is 3.51. The number of hydrogen-bond acceptors (Lipinski definition) is 3.